The van der Waals surface area contributed by atoms with Crippen LogP contribution in [0.15, 0.2) is 248 Å². The van der Waals surface area contributed by atoms with Crippen molar-refractivity contribution < 1.29 is 25.2 Å². The van der Waals surface area contributed by atoms with E-state index >= 15 is 0 Å². The molecule has 1 aliphatic heterocycles. The van der Waals surface area contributed by atoms with Crippen molar-refractivity contribution in [2.24, 2.45) is 21.7 Å². The Labute approximate surface area is 517 Å². The molecule has 0 unspecified atom stereocenters. The van der Waals surface area contributed by atoms with Crippen LogP contribution < -0.4 is 0 Å². The standard InChI is InChI=1S/C40H56O3.C40H56O2/c1-29(17-13-19-31(3)21-22-36-33(5)25-34(41)26-37(36,6)7)15-11-12-16-30(2)18-14-20-32(4)23-24-40-38(8,9)27-35(42)28-39(40,10)43-40;1-29(17-13-19-31(3)21-23-37-33(5)25-35(41)27-39(37,7)8)15-11-12-16-30(2)18-14-20-32(4)22-24-38-34(6)26-36(42)28-40(38,9)10/h11-24,34-35,41-42H,25-28H2,1-10H3;11-24,35-36,41-42H,25-28H2,1-10H3/b12-11+,17-13+,18-14+,22-21+,24-23+,29-15+,30-16+,31-19+,32-20+;12-11+,17-13+,18-14+,23-21+,24-22+,29-15+,30-16+,31-19+,32-20+/t34-,35+,39-,40+;35-,36-/m11/s1. The van der Waals surface area contributed by atoms with Crippen molar-refractivity contribution in [2.45, 2.75) is 225 Å². The molecule has 0 aromatic heterocycles. The Hall–Kier alpha value is -5.66. The number of fused-ring (bicyclic) bond motifs is 1. The molecule has 0 spiro atoms. The van der Waals surface area contributed by atoms with Crippen molar-refractivity contribution in [1.29, 1.82) is 0 Å². The first-order valence-electron chi connectivity index (χ1n) is 31.3. The molecule has 5 heteroatoms. The Balaban J connectivity index is 0.000000365. The highest BCUT2D eigenvalue weighted by Crippen LogP contribution is 2.66. The summed E-state index contributed by atoms with van der Waals surface area (Å²) in [6, 6.07) is 0. The van der Waals surface area contributed by atoms with Gasteiger partial charge in [-0.1, -0.05) is 281 Å². The normalized spacial score (nSPS) is 28.7. The van der Waals surface area contributed by atoms with Gasteiger partial charge in [0.1, 0.15) is 11.2 Å². The molecule has 0 aromatic rings. The lowest BCUT2D eigenvalue weighted by atomic mass is 9.63. The summed E-state index contributed by atoms with van der Waals surface area (Å²) in [6.45, 7) is 43.1. The van der Waals surface area contributed by atoms with E-state index in [0.717, 1.165) is 44.9 Å². The molecule has 5 nitrogen and oxygen atoms in total. The zero-order chi connectivity index (χ0) is 63.6. The Morgan fingerprint density at radius 2 is 0.600 bits per heavy atom. The summed E-state index contributed by atoms with van der Waals surface area (Å²) in [5.74, 6) is 0. The number of epoxide rings is 1. The molecular weight excluding hydrogens is 1040 g/mol. The van der Waals surface area contributed by atoms with Gasteiger partial charge in [-0.3, -0.25) is 0 Å². The van der Waals surface area contributed by atoms with Gasteiger partial charge in [0.15, 0.2) is 0 Å². The number of ether oxygens (including phenoxy) is 1. The first-order chi connectivity index (χ1) is 39.6. The van der Waals surface area contributed by atoms with E-state index in [0.29, 0.717) is 6.42 Å². The molecule has 1 heterocycles. The van der Waals surface area contributed by atoms with Crippen molar-refractivity contribution in [2.75, 3.05) is 0 Å². The molecule has 5 rings (SSSR count). The van der Waals surface area contributed by atoms with Gasteiger partial charge in [-0.15, -0.1) is 0 Å². The number of rotatable bonds is 20. The number of aliphatic hydroxyl groups is 4. The van der Waals surface area contributed by atoms with Crippen molar-refractivity contribution in [3.63, 3.8) is 0 Å². The molecule has 4 aliphatic carbocycles. The minimum atomic E-state index is -0.291. The third-order valence-electron chi connectivity index (χ3n) is 17.6. The van der Waals surface area contributed by atoms with E-state index < -0.39 is 0 Å². The van der Waals surface area contributed by atoms with Crippen LogP contribution in [0.4, 0.5) is 0 Å². The lowest BCUT2D eigenvalue weighted by Gasteiger charge is -2.39. The third kappa shape index (κ3) is 22.5. The van der Waals surface area contributed by atoms with E-state index in [4.69, 9.17) is 4.74 Å². The summed E-state index contributed by atoms with van der Waals surface area (Å²) in [5, 5.41) is 40.6. The maximum absolute atomic E-state index is 10.2. The van der Waals surface area contributed by atoms with E-state index in [-0.39, 0.29) is 57.3 Å². The molecule has 6 atom stereocenters. The van der Waals surface area contributed by atoms with Crippen molar-refractivity contribution in [3.05, 3.63) is 248 Å². The molecule has 1 saturated heterocycles. The smallest absolute Gasteiger partial charge is 0.121 e. The Kier molecular flexibility index (Phi) is 26.9. The van der Waals surface area contributed by atoms with Gasteiger partial charge >= 0.3 is 0 Å². The van der Waals surface area contributed by atoms with E-state index in [9.17, 15) is 20.4 Å². The number of hydrogen-bond acceptors (Lipinski definition) is 5. The molecule has 2 fully saturated rings. The minimum absolute atomic E-state index is 0.00262. The quantitative estimate of drug-likeness (QED) is 0.0720. The zero-order valence-electron chi connectivity index (χ0n) is 56.3. The predicted molar refractivity (Wildman–Crippen MR) is 368 cm³/mol. The first kappa shape index (κ1) is 71.8. The Morgan fingerprint density at radius 1 is 0.341 bits per heavy atom. The summed E-state index contributed by atoms with van der Waals surface area (Å²) in [5.41, 5.74) is 16.8. The van der Waals surface area contributed by atoms with E-state index in [1.807, 2.05) is 0 Å². The van der Waals surface area contributed by atoms with Crippen LogP contribution >= 0.6 is 0 Å². The fourth-order valence-corrected chi connectivity index (χ4v) is 13.2. The molecule has 0 radical (unpaired) electrons. The monoisotopic (exact) mass is 1150 g/mol. The number of allylic oxidation sites excluding steroid dienone is 38. The summed E-state index contributed by atoms with van der Waals surface area (Å²) in [4.78, 5) is 0. The highest BCUT2D eigenvalue weighted by Gasteiger charge is 2.74. The lowest BCUT2D eigenvalue weighted by molar-refractivity contribution is 0.0514. The van der Waals surface area contributed by atoms with Crippen LogP contribution in [0.3, 0.4) is 0 Å². The third-order valence-corrected chi connectivity index (χ3v) is 17.6. The van der Waals surface area contributed by atoms with E-state index in [1.54, 1.807) is 0 Å². The fraction of sp³-hybridized carbons (Fsp3) is 0.475. The van der Waals surface area contributed by atoms with Crippen LogP contribution in [0.1, 0.15) is 190 Å². The van der Waals surface area contributed by atoms with Gasteiger partial charge in [0.25, 0.3) is 0 Å². The van der Waals surface area contributed by atoms with Gasteiger partial charge in [0, 0.05) is 11.8 Å². The summed E-state index contributed by atoms with van der Waals surface area (Å²) >= 11 is 0. The average Bonchev–Trinajstić information content (AvgIpc) is 1.53. The Bertz CT molecular complexity index is 2930. The highest BCUT2D eigenvalue weighted by molar-refractivity contribution is 5.42. The first-order valence-corrected chi connectivity index (χ1v) is 31.3. The maximum atomic E-state index is 10.2. The lowest BCUT2D eigenvalue weighted by Crippen LogP contribution is -2.46. The summed E-state index contributed by atoms with van der Waals surface area (Å²) < 4.78 is 6.25. The largest absolute Gasteiger partial charge is 0.393 e. The Morgan fingerprint density at radius 3 is 0.871 bits per heavy atom. The molecule has 5 aliphatic rings. The van der Waals surface area contributed by atoms with Crippen LogP contribution in [0.2, 0.25) is 0 Å². The molecule has 4 N–H and O–H groups in total. The highest BCUT2D eigenvalue weighted by atomic mass is 16.6. The van der Waals surface area contributed by atoms with Crippen LogP contribution in [-0.4, -0.2) is 56.0 Å². The molecule has 1 saturated carbocycles. The second-order valence-electron chi connectivity index (χ2n) is 28.3. The summed E-state index contributed by atoms with van der Waals surface area (Å²) in [7, 11) is 0. The van der Waals surface area contributed by atoms with Gasteiger partial charge < -0.3 is 25.2 Å². The van der Waals surface area contributed by atoms with Crippen LogP contribution in [-0.2, 0) is 4.74 Å². The molecule has 0 aromatic carbocycles. The number of aliphatic hydroxyl groups excluding tert-OH is 4. The van der Waals surface area contributed by atoms with E-state index in [1.165, 1.54) is 78.0 Å². The molecule has 0 bridgehead atoms. The van der Waals surface area contributed by atoms with Gasteiger partial charge in [-0.25, -0.2) is 0 Å². The molecule has 85 heavy (non-hydrogen) atoms. The maximum Gasteiger partial charge on any atom is 0.121 e. The van der Waals surface area contributed by atoms with Gasteiger partial charge in [0.2, 0.25) is 0 Å². The topological polar surface area (TPSA) is 93.5 Å². The van der Waals surface area contributed by atoms with E-state index in [2.05, 4.69) is 309 Å². The van der Waals surface area contributed by atoms with Crippen LogP contribution in [0, 0.1) is 21.7 Å². The molecular formula is C80H112O5. The zero-order valence-corrected chi connectivity index (χ0v) is 56.3. The molecule has 0 amide bonds. The minimum Gasteiger partial charge on any atom is -0.393 e. The van der Waals surface area contributed by atoms with Gasteiger partial charge in [-0.05, 0) is 167 Å². The SMILES string of the molecule is CC1=C(/C=C/C(C)=C/C=C/C(C)=C/C=C/C=C(C)/C=C/C=C(C)/C=C/C2=C(C)C[C@@H](O)CC2(C)C)C(C)(C)C[C@H](O)C1.CC1=C(/C=C/C(C)=C/C=C/C(C)=C/C=C/C=C(C)/C=C/C=C(C)/C=C/[C@@]23O[C@]2(C)C[C@@H](O)CC3(C)C)C(C)(C)C[C@H](O)C1. The number of hydrogen-bond donors (Lipinski definition) is 4. The van der Waals surface area contributed by atoms with Crippen LogP contribution in [0.5, 0.6) is 0 Å². The van der Waals surface area contributed by atoms with Crippen LogP contribution in [0.25, 0.3) is 0 Å². The molecule has 462 valence electrons. The second kappa shape index (κ2) is 31.8. The average molecular weight is 1150 g/mol. The fourth-order valence-electron chi connectivity index (χ4n) is 13.2. The summed E-state index contributed by atoms with van der Waals surface area (Å²) in [6.07, 6.45) is 65.0. The van der Waals surface area contributed by atoms with Gasteiger partial charge in [0.05, 0.1) is 24.4 Å². The van der Waals surface area contributed by atoms with Gasteiger partial charge in [-0.2, -0.15) is 0 Å². The second-order valence-corrected chi connectivity index (χ2v) is 28.3. The van der Waals surface area contributed by atoms with Crippen molar-refractivity contribution in [1.82, 2.24) is 0 Å². The van der Waals surface area contributed by atoms with Crippen molar-refractivity contribution in [3.8, 4) is 0 Å². The van der Waals surface area contributed by atoms with Crippen molar-refractivity contribution >= 4 is 0 Å². The predicted octanol–water partition coefficient (Wildman–Crippen LogP) is 20.3.